The van der Waals surface area contributed by atoms with Crippen molar-refractivity contribution >= 4 is 34.7 Å². The summed E-state index contributed by atoms with van der Waals surface area (Å²) in [6.45, 7) is 9.51. The summed E-state index contributed by atoms with van der Waals surface area (Å²) in [5, 5.41) is 13.0. The van der Waals surface area contributed by atoms with Gasteiger partial charge in [-0.3, -0.25) is 0 Å². The van der Waals surface area contributed by atoms with Crippen LogP contribution in [0.3, 0.4) is 0 Å². The van der Waals surface area contributed by atoms with Crippen LogP contribution in [-0.2, 0) is 4.74 Å². The highest BCUT2D eigenvalue weighted by Gasteiger charge is 2.27. The average molecular weight is 397 g/mol. The van der Waals surface area contributed by atoms with Crippen molar-refractivity contribution in [2.45, 2.75) is 52.7 Å². The van der Waals surface area contributed by atoms with Crippen LogP contribution in [0.25, 0.3) is 11.0 Å². The average Bonchev–Trinajstić information content (AvgIpc) is 2.92. The molecule has 1 amide bonds. The lowest BCUT2D eigenvalue weighted by Crippen LogP contribution is -2.38. The number of carbonyl (C=O) groups is 2. The number of alkyl carbamates (subject to hydrolysis) is 1. The fourth-order valence-corrected chi connectivity index (χ4v) is 2.94. The van der Waals surface area contributed by atoms with Crippen LogP contribution in [0.4, 0.5) is 4.79 Å². The molecule has 0 aliphatic heterocycles. The molecule has 0 saturated carbocycles. The molecule has 0 fully saturated rings. The van der Waals surface area contributed by atoms with Crippen molar-refractivity contribution in [3.63, 3.8) is 0 Å². The van der Waals surface area contributed by atoms with E-state index in [2.05, 4.69) is 15.3 Å². The number of carbonyl (C=O) groups excluding carboxylic acids is 1. The smallest absolute Gasteiger partial charge is 0.407 e. The van der Waals surface area contributed by atoms with Crippen LogP contribution in [0.5, 0.6) is 0 Å². The third kappa shape index (κ3) is 5.09. The van der Waals surface area contributed by atoms with Crippen molar-refractivity contribution in [2.75, 3.05) is 6.54 Å². The van der Waals surface area contributed by atoms with E-state index in [-0.39, 0.29) is 29.5 Å². The second-order valence-electron chi connectivity index (χ2n) is 7.46. The van der Waals surface area contributed by atoms with Gasteiger partial charge in [0.15, 0.2) is 0 Å². The van der Waals surface area contributed by atoms with Crippen LogP contribution in [0.1, 0.15) is 57.6 Å². The van der Waals surface area contributed by atoms with E-state index in [1.165, 1.54) is 12.3 Å². The van der Waals surface area contributed by atoms with Gasteiger partial charge in [-0.05, 0) is 44.4 Å². The molecule has 2 aromatic heterocycles. The first-order chi connectivity index (χ1) is 12.5. The Labute approximate surface area is 162 Å². The van der Waals surface area contributed by atoms with Crippen molar-refractivity contribution in [1.29, 1.82) is 0 Å². The number of hydrogen-bond acceptors (Lipinski definition) is 5. The molecule has 1 unspecified atom stereocenters. The maximum Gasteiger partial charge on any atom is 0.407 e. The predicted octanol–water partition coefficient (Wildman–Crippen LogP) is 3.89. The van der Waals surface area contributed by atoms with E-state index in [1.807, 2.05) is 13.8 Å². The van der Waals surface area contributed by atoms with Crippen molar-refractivity contribution in [3.05, 3.63) is 23.2 Å². The lowest BCUT2D eigenvalue weighted by Gasteiger charge is -2.28. The largest absolute Gasteiger partial charge is 0.477 e. The van der Waals surface area contributed by atoms with Gasteiger partial charge in [-0.15, -0.1) is 0 Å². The summed E-state index contributed by atoms with van der Waals surface area (Å²) >= 11 is 5.93. The number of halogens is 1. The molecule has 0 spiro atoms. The molecule has 0 bridgehead atoms. The Kier molecular flexibility index (Phi) is 6.30. The van der Waals surface area contributed by atoms with Crippen LogP contribution in [-0.4, -0.2) is 43.8 Å². The van der Waals surface area contributed by atoms with Gasteiger partial charge in [-0.25, -0.2) is 14.6 Å². The first kappa shape index (κ1) is 21.0. The Balaban J connectivity index is 2.44. The molecule has 2 aromatic rings. The number of carboxylic acids is 1. The Bertz CT molecular complexity index is 844. The number of nitrogens with one attached hydrogen (secondary N) is 1. The van der Waals surface area contributed by atoms with Gasteiger partial charge in [0.1, 0.15) is 16.9 Å². The summed E-state index contributed by atoms with van der Waals surface area (Å²) in [5.41, 5.74) is -0.134. The maximum absolute atomic E-state index is 12.1. The van der Waals surface area contributed by atoms with Gasteiger partial charge >= 0.3 is 12.1 Å². The minimum atomic E-state index is -1.09. The molecule has 27 heavy (non-hydrogen) atoms. The van der Waals surface area contributed by atoms with Crippen LogP contribution in [0.2, 0.25) is 5.28 Å². The molecule has 0 aromatic carbocycles. The molecule has 0 radical (unpaired) electrons. The van der Waals surface area contributed by atoms with Gasteiger partial charge in [-0.2, -0.15) is 4.98 Å². The standard InChI is InChI=1S/C18H25ClN4O4/c1-6-10(2)13(9-21-17(26)27-18(3,4)5)23-12(15(24)25)7-11-8-20-16(19)22-14(11)23/h7-8,10,13H,6,9H2,1-5H3,(H,21,26)(H,24,25)/t10-,13?/m0/s1. The summed E-state index contributed by atoms with van der Waals surface area (Å²) in [7, 11) is 0. The first-order valence-corrected chi connectivity index (χ1v) is 9.15. The van der Waals surface area contributed by atoms with E-state index in [0.717, 1.165) is 6.42 Å². The minimum Gasteiger partial charge on any atom is -0.477 e. The highest BCUT2D eigenvalue weighted by molar-refractivity contribution is 6.28. The Hall–Kier alpha value is -2.35. The molecule has 2 rings (SSSR count). The van der Waals surface area contributed by atoms with Crippen LogP contribution in [0, 0.1) is 5.92 Å². The lowest BCUT2D eigenvalue weighted by atomic mass is 9.98. The number of amides is 1. The maximum atomic E-state index is 12.1. The molecule has 9 heteroatoms. The molecule has 2 heterocycles. The lowest BCUT2D eigenvalue weighted by molar-refractivity contribution is 0.0515. The van der Waals surface area contributed by atoms with Crippen molar-refractivity contribution in [2.24, 2.45) is 5.92 Å². The number of rotatable bonds is 6. The topological polar surface area (TPSA) is 106 Å². The molecular formula is C18H25ClN4O4. The van der Waals surface area contributed by atoms with E-state index in [0.29, 0.717) is 11.0 Å². The number of carboxylic acid groups (broad SMARTS) is 1. The van der Waals surface area contributed by atoms with Gasteiger partial charge in [-0.1, -0.05) is 20.3 Å². The molecule has 0 saturated heterocycles. The highest BCUT2D eigenvalue weighted by atomic mass is 35.5. The van der Waals surface area contributed by atoms with Gasteiger partial charge in [0.05, 0.1) is 6.04 Å². The summed E-state index contributed by atoms with van der Waals surface area (Å²) in [4.78, 5) is 32.0. The normalized spacial score (nSPS) is 14.0. The molecule has 0 aliphatic rings. The summed E-state index contributed by atoms with van der Waals surface area (Å²) in [6, 6.07) is 1.16. The summed E-state index contributed by atoms with van der Waals surface area (Å²) < 4.78 is 6.89. The SMILES string of the molecule is CC[C@H](C)C(CNC(=O)OC(C)(C)C)n1c(C(=O)O)cc2cnc(Cl)nc21. The monoisotopic (exact) mass is 396 g/mol. The van der Waals surface area contributed by atoms with Crippen LogP contribution < -0.4 is 5.32 Å². The molecule has 148 valence electrons. The van der Waals surface area contributed by atoms with E-state index >= 15 is 0 Å². The predicted molar refractivity (Wildman–Crippen MR) is 102 cm³/mol. The fourth-order valence-electron chi connectivity index (χ4n) is 2.81. The van der Waals surface area contributed by atoms with Gasteiger partial charge < -0.3 is 19.7 Å². The van der Waals surface area contributed by atoms with E-state index < -0.39 is 17.7 Å². The van der Waals surface area contributed by atoms with Crippen LogP contribution in [0.15, 0.2) is 12.3 Å². The first-order valence-electron chi connectivity index (χ1n) is 8.77. The fraction of sp³-hybridized carbons (Fsp3) is 0.556. The van der Waals surface area contributed by atoms with Crippen LogP contribution >= 0.6 is 11.6 Å². The second kappa shape index (κ2) is 8.12. The van der Waals surface area contributed by atoms with Gasteiger partial charge in [0.2, 0.25) is 5.28 Å². The molecule has 2 atom stereocenters. The highest BCUT2D eigenvalue weighted by Crippen LogP contribution is 2.29. The Morgan fingerprint density at radius 2 is 2.07 bits per heavy atom. The number of hydrogen-bond donors (Lipinski definition) is 2. The number of aromatic carboxylic acids is 1. The van der Waals surface area contributed by atoms with E-state index in [1.54, 1.807) is 25.3 Å². The van der Waals surface area contributed by atoms with E-state index in [4.69, 9.17) is 16.3 Å². The number of aromatic nitrogens is 3. The molecular weight excluding hydrogens is 372 g/mol. The Morgan fingerprint density at radius 1 is 1.41 bits per heavy atom. The zero-order chi connectivity index (χ0) is 20.4. The zero-order valence-corrected chi connectivity index (χ0v) is 16.9. The minimum absolute atomic E-state index is 0.0294. The Morgan fingerprint density at radius 3 is 2.63 bits per heavy atom. The number of nitrogens with zero attached hydrogens (tertiary/aromatic N) is 3. The third-order valence-electron chi connectivity index (χ3n) is 4.25. The van der Waals surface area contributed by atoms with Crippen molar-refractivity contribution in [3.8, 4) is 0 Å². The van der Waals surface area contributed by atoms with Gasteiger partial charge in [0, 0.05) is 18.1 Å². The molecule has 0 aliphatic carbocycles. The summed E-state index contributed by atoms with van der Waals surface area (Å²) in [5.74, 6) is -1.03. The third-order valence-corrected chi connectivity index (χ3v) is 4.43. The summed E-state index contributed by atoms with van der Waals surface area (Å²) in [6.07, 6.45) is 1.71. The zero-order valence-electron chi connectivity index (χ0n) is 16.1. The van der Waals surface area contributed by atoms with Crippen molar-refractivity contribution in [1.82, 2.24) is 19.9 Å². The molecule has 8 nitrogen and oxygen atoms in total. The molecule has 2 N–H and O–H groups in total. The quantitative estimate of drug-likeness (QED) is 0.717. The number of ether oxygens (including phenoxy) is 1. The van der Waals surface area contributed by atoms with Gasteiger partial charge in [0.25, 0.3) is 0 Å². The second-order valence-corrected chi connectivity index (χ2v) is 7.80. The number of fused-ring (bicyclic) bond motifs is 1. The van der Waals surface area contributed by atoms with E-state index in [9.17, 15) is 14.7 Å². The van der Waals surface area contributed by atoms with Crippen molar-refractivity contribution < 1.29 is 19.4 Å².